The molecular formula is C28H23N5O2. The number of aromatic nitrogens is 5. The molecule has 3 heterocycles. The van der Waals surface area contributed by atoms with Gasteiger partial charge in [-0.15, -0.1) is 5.10 Å². The fourth-order valence-electron chi connectivity index (χ4n) is 4.01. The number of aryl methyl sites for hydroxylation is 1. The Hall–Kier alpha value is -4.52. The third-order valence-corrected chi connectivity index (χ3v) is 5.67. The van der Waals surface area contributed by atoms with Crippen LogP contribution in [0.25, 0.3) is 11.2 Å². The van der Waals surface area contributed by atoms with Crippen molar-refractivity contribution in [2.45, 2.75) is 26.3 Å². The van der Waals surface area contributed by atoms with E-state index in [4.69, 9.17) is 0 Å². The number of ketones is 2. The van der Waals surface area contributed by atoms with Crippen molar-refractivity contribution >= 4 is 22.7 Å². The molecule has 0 atom stereocenters. The molecule has 0 fully saturated rings. The van der Waals surface area contributed by atoms with Gasteiger partial charge in [0.25, 0.3) is 0 Å². The van der Waals surface area contributed by atoms with Gasteiger partial charge in [-0.05, 0) is 72.0 Å². The van der Waals surface area contributed by atoms with Gasteiger partial charge in [0.15, 0.2) is 11.6 Å². The molecule has 0 aliphatic heterocycles. The van der Waals surface area contributed by atoms with Crippen LogP contribution in [0.2, 0.25) is 0 Å². The van der Waals surface area contributed by atoms with E-state index in [-0.39, 0.29) is 18.0 Å². The van der Waals surface area contributed by atoms with Crippen LogP contribution in [0.4, 0.5) is 0 Å². The monoisotopic (exact) mass is 461 g/mol. The molecule has 5 aromatic rings. The molecule has 172 valence electrons. The van der Waals surface area contributed by atoms with E-state index < -0.39 is 0 Å². The van der Waals surface area contributed by atoms with Gasteiger partial charge in [0, 0.05) is 18.0 Å². The molecule has 7 heteroatoms. The summed E-state index contributed by atoms with van der Waals surface area (Å²) < 4.78 is 0. The molecule has 0 saturated carbocycles. The molecular weight excluding hydrogens is 438 g/mol. The number of pyridine rings is 2. The summed E-state index contributed by atoms with van der Waals surface area (Å²) in [5.74, 6) is -0.533. The van der Waals surface area contributed by atoms with Gasteiger partial charge in [0.05, 0.1) is 13.0 Å². The molecule has 0 unspecified atom stereocenters. The lowest BCUT2D eigenvalue weighted by Crippen LogP contribution is -2.12. The average molecular weight is 462 g/mol. The van der Waals surface area contributed by atoms with E-state index in [1.165, 1.54) is 0 Å². The second-order valence-electron chi connectivity index (χ2n) is 8.52. The molecule has 0 saturated heterocycles. The maximum Gasteiger partial charge on any atom is 0.201 e. The number of rotatable bonds is 8. The van der Waals surface area contributed by atoms with E-state index >= 15 is 0 Å². The minimum Gasteiger partial charge on any atom is -0.294 e. The van der Waals surface area contributed by atoms with Crippen molar-refractivity contribution in [3.8, 4) is 0 Å². The lowest BCUT2D eigenvalue weighted by Gasteiger charge is -2.10. The van der Waals surface area contributed by atoms with Crippen LogP contribution in [0.5, 0.6) is 0 Å². The van der Waals surface area contributed by atoms with Crippen LogP contribution in [0.1, 0.15) is 49.5 Å². The standard InChI is InChI=1S/C28H23N5O2/c1-19-9-11-29-25(12-19)27(35)17-26(34)23-15-21(13-20-6-3-2-4-7-20)14-22(16-23)18-33-31-24-8-5-10-30-28(24)32-33/h2-12,14-16H,13,17-18H2,1H3. The zero-order valence-corrected chi connectivity index (χ0v) is 19.3. The summed E-state index contributed by atoms with van der Waals surface area (Å²) in [6.07, 6.45) is 3.69. The first-order valence-corrected chi connectivity index (χ1v) is 11.4. The van der Waals surface area contributed by atoms with E-state index in [1.807, 2.05) is 55.5 Å². The quantitative estimate of drug-likeness (QED) is 0.247. The number of hydrogen-bond acceptors (Lipinski definition) is 6. The van der Waals surface area contributed by atoms with Gasteiger partial charge in [-0.25, -0.2) is 4.98 Å². The van der Waals surface area contributed by atoms with Crippen molar-refractivity contribution in [2.75, 3.05) is 0 Å². The lowest BCUT2D eigenvalue weighted by atomic mass is 9.96. The molecule has 0 amide bonds. The van der Waals surface area contributed by atoms with E-state index in [0.717, 1.165) is 22.3 Å². The highest BCUT2D eigenvalue weighted by Gasteiger charge is 2.17. The van der Waals surface area contributed by atoms with Gasteiger partial charge in [-0.3, -0.25) is 14.6 Å². The first-order chi connectivity index (χ1) is 17.0. The Balaban J connectivity index is 1.44. The van der Waals surface area contributed by atoms with E-state index in [9.17, 15) is 9.59 Å². The maximum absolute atomic E-state index is 13.2. The Kier molecular flexibility index (Phi) is 6.22. The summed E-state index contributed by atoms with van der Waals surface area (Å²) in [5.41, 5.74) is 5.99. The van der Waals surface area contributed by atoms with Crippen LogP contribution in [-0.4, -0.2) is 36.5 Å². The Morgan fingerprint density at radius 1 is 0.771 bits per heavy atom. The van der Waals surface area contributed by atoms with Crippen LogP contribution in [0.15, 0.2) is 85.2 Å². The number of benzene rings is 2. The number of Topliss-reactive ketones (excluding diaryl/α,β-unsaturated/α-hetero) is 2. The average Bonchev–Trinajstić information content (AvgIpc) is 3.26. The van der Waals surface area contributed by atoms with Crippen molar-refractivity contribution < 1.29 is 9.59 Å². The van der Waals surface area contributed by atoms with Crippen LogP contribution >= 0.6 is 0 Å². The Bertz CT molecular complexity index is 1490. The molecule has 0 bridgehead atoms. The Morgan fingerprint density at radius 3 is 2.40 bits per heavy atom. The van der Waals surface area contributed by atoms with Gasteiger partial charge >= 0.3 is 0 Å². The normalized spacial score (nSPS) is 11.0. The molecule has 7 nitrogen and oxygen atoms in total. The Labute approximate surface area is 202 Å². The van der Waals surface area contributed by atoms with E-state index in [1.54, 1.807) is 23.3 Å². The number of carbonyl (C=O) groups is 2. The third-order valence-electron chi connectivity index (χ3n) is 5.67. The zero-order chi connectivity index (χ0) is 24.2. The summed E-state index contributed by atoms with van der Waals surface area (Å²) in [5, 5.41) is 8.93. The topological polar surface area (TPSA) is 90.6 Å². The highest BCUT2D eigenvalue weighted by Crippen LogP contribution is 2.18. The van der Waals surface area contributed by atoms with E-state index in [2.05, 4.69) is 38.4 Å². The molecule has 5 rings (SSSR count). The molecule has 0 spiro atoms. The Morgan fingerprint density at radius 2 is 1.60 bits per heavy atom. The highest BCUT2D eigenvalue weighted by molar-refractivity contribution is 6.13. The van der Waals surface area contributed by atoms with Crippen LogP contribution in [0, 0.1) is 6.92 Å². The molecule has 0 N–H and O–H groups in total. The number of nitrogens with zero attached hydrogens (tertiary/aromatic N) is 5. The number of carbonyl (C=O) groups excluding carboxylic acids is 2. The van der Waals surface area contributed by atoms with Crippen LogP contribution in [0.3, 0.4) is 0 Å². The molecule has 0 radical (unpaired) electrons. The van der Waals surface area contributed by atoms with Crippen LogP contribution in [-0.2, 0) is 13.0 Å². The molecule has 3 aromatic heterocycles. The second kappa shape index (κ2) is 9.77. The smallest absolute Gasteiger partial charge is 0.201 e. The number of hydrogen-bond donors (Lipinski definition) is 0. The third kappa shape index (κ3) is 5.35. The first-order valence-electron chi connectivity index (χ1n) is 11.4. The summed E-state index contributed by atoms with van der Waals surface area (Å²) in [7, 11) is 0. The minimum absolute atomic E-state index is 0.238. The van der Waals surface area contributed by atoms with Crippen molar-refractivity contribution in [1.29, 1.82) is 0 Å². The van der Waals surface area contributed by atoms with Gasteiger partial charge in [0.1, 0.15) is 11.2 Å². The van der Waals surface area contributed by atoms with Crippen molar-refractivity contribution in [2.24, 2.45) is 0 Å². The van der Waals surface area contributed by atoms with Crippen LogP contribution < -0.4 is 0 Å². The van der Waals surface area contributed by atoms with Crippen molar-refractivity contribution in [1.82, 2.24) is 25.0 Å². The summed E-state index contributed by atoms with van der Waals surface area (Å²) >= 11 is 0. The highest BCUT2D eigenvalue weighted by atomic mass is 16.1. The second-order valence-corrected chi connectivity index (χ2v) is 8.52. The maximum atomic E-state index is 13.2. The summed E-state index contributed by atoms with van der Waals surface area (Å²) in [6, 6.07) is 23.0. The zero-order valence-electron chi connectivity index (χ0n) is 19.3. The number of fused-ring (bicyclic) bond motifs is 1. The van der Waals surface area contributed by atoms with E-state index in [0.29, 0.717) is 35.4 Å². The molecule has 0 aliphatic rings. The molecule has 2 aromatic carbocycles. The molecule has 0 aliphatic carbocycles. The summed E-state index contributed by atoms with van der Waals surface area (Å²) in [6.45, 7) is 2.27. The largest absolute Gasteiger partial charge is 0.294 e. The van der Waals surface area contributed by atoms with Gasteiger partial charge in [-0.1, -0.05) is 36.4 Å². The first kappa shape index (κ1) is 22.3. The predicted molar refractivity (Wildman–Crippen MR) is 132 cm³/mol. The predicted octanol–water partition coefficient (Wildman–Crippen LogP) is 4.62. The fourth-order valence-corrected chi connectivity index (χ4v) is 4.01. The van der Waals surface area contributed by atoms with Crippen molar-refractivity contribution in [3.63, 3.8) is 0 Å². The fraction of sp³-hybridized carbons (Fsp3) is 0.143. The van der Waals surface area contributed by atoms with Gasteiger partial charge in [-0.2, -0.15) is 9.90 Å². The van der Waals surface area contributed by atoms with Gasteiger partial charge in [0.2, 0.25) is 5.65 Å². The molecule has 35 heavy (non-hydrogen) atoms. The SMILES string of the molecule is Cc1ccnc(C(=O)CC(=O)c2cc(Cc3ccccc3)cc(Cn3nc4cccnc4n3)c2)c1. The van der Waals surface area contributed by atoms with Gasteiger partial charge < -0.3 is 0 Å². The lowest BCUT2D eigenvalue weighted by molar-refractivity contribution is 0.0891. The summed E-state index contributed by atoms with van der Waals surface area (Å²) in [4.78, 5) is 35.8. The minimum atomic E-state index is -0.292. The van der Waals surface area contributed by atoms with Crippen molar-refractivity contribution in [3.05, 3.63) is 119 Å².